The van der Waals surface area contributed by atoms with Crippen molar-refractivity contribution in [2.24, 2.45) is 7.05 Å². The number of likely N-dealkylation sites (N-methyl/N-ethyl adjacent to an activating group) is 1. The van der Waals surface area contributed by atoms with E-state index in [4.69, 9.17) is 11.6 Å². The van der Waals surface area contributed by atoms with E-state index in [0.717, 1.165) is 34.4 Å². The van der Waals surface area contributed by atoms with Crippen molar-refractivity contribution in [3.05, 3.63) is 44.9 Å². The molecule has 6 heteroatoms. The minimum Gasteiger partial charge on any atom is -0.311 e. The molecule has 1 unspecified atom stereocenters. The highest BCUT2D eigenvalue weighted by Crippen LogP contribution is 2.26. The van der Waals surface area contributed by atoms with E-state index in [9.17, 15) is 0 Å². The Bertz CT molecular complexity index is 580. The van der Waals surface area contributed by atoms with Gasteiger partial charge in [-0.05, 0) is 41.5 Å². The topological polar surface area (TPSA) is 42.7 Å². The quantitative estimate of drug-likeness (QED) is 0.893. The number of rotatable bonds is 5. The van der Waals surface area contributed by atoms with Crippen LogP contribution >= 0.6 is 27.5 Å². The second kappa shape index (κ2) is 6.70. The van der Waals surface area contributed by atoms with Crippen molar-refractivity contribution in [2.45, 2.75) is 25.8 Å². The lowest BCUT2D eigenvalue weighted by atomic mass is 10.1. The molecule has 0 amide bonds. The molecule has 0 aromatic carbocycles. The molecule has 2 aromatic rings. The molecule has 0 fully saturated rings. The van der Waals surface area contributed by atoms with Gasteiger partial charge >= 0.3 is 0 Å². The van der Waals surface area contributed by atoms with E-state index < -0.39 is 0 Å². The lowest BCUT2D eigenvalue weighted by Crippen LogP contribution is -2.21. The molecule has 0 aliphatic rings. The first-order valence-electron chi connectivity index (χ1n) is 6.55. The van der Waals surface area contributed by atoms with Gasteiger partial charge in [-0.2, -0.15) is 5.10 Å². The fourth-order valence-corrected chi connectivity index (χ4v) is 3.07. The Hall–Kier alpha value is -0.910. The Morgan fingerprint density at radius 1 is 1.45 bits per heavy atom. The van der Waals surface area contributed by atoms with E-state index in [2.05, 4.69) is 38.3 Å². The summed E-state index contributed by atoms with van der Waals surface area (Å²) in [6, 6.07) is 3.95. The summed E-state index contributed by atoms with van der Waals surface area (Å²) in [5, 5.41) is 8.48. The molecule has 1 atom stereocenters. The maximum absolute atomic E-state index is 5.89. The Morgan fingerprint density at radius 3 is 2.70 bits per heavy atom. The Balaban J connectivity index is 2.26. The largest absolute Gasteiger partial charge is 0.311 e. The van der Waals surface area contributed by atoms with Crippen LogP contribution in [0.5, 0.6) is 0 Å². The molecule has 20 heavy (non-hydrogen) atoms. The maximum Gasteiger partial charge on any atom is 0.0766 e. The van der Waals surface area contributed by atoms with Crippen molar-refractivity contribution >= 4 is 27.5 Å². The van der Waals surface area contributed by atoms with Gasteiger partial charge in [0.1, 0.15) is 0 Å². The van der Waals surface area contributed by atoms with Gasteiger partial charge in [0, 0.05) is 19.7 Å². The number of nitrogens with zero attached hydrogens (tertiary/aromatic N) is 3. The number of hydrogen-bond donors (Lipinski definition) is 1. The zero-order valence-corrected chi connectivity index (χ0v) is 14.2. The van der Waals surface area contributed by atoms with Crippen molar-refractivity contribution in [2.75, 3.05) is 7.05 Å². The first kappa shape index (κ1) is 15.5. The molecule has 0 bridgehead atoms. The molecule has 0 saturated carbocycles. The zero-order valence-electron chi connectivity index (χ0n) is 11.8. The maximum atomic E-state index is 5.89. The van der Waals surface area contributed by atoms with E-state index in [1.165, 1.54) is 0 Å². The predicted molar refractivity (Wildman–Crippen MR) is 85.0 cm³/mol. The van der Waals surface area contributed by atoms with Gasteiger partial charge in [-0.3, -0.25) is 9.67 Å². The van der Waals surface area contributed by atoms with Gasteiger partial charge in [-0.15, -0.1) is 0 Å². The smallest absolute Gasteiger partial charge is 0.0766 e. The number of nitrogens with one attached hydrogen (secondary N) is 1. The molecule has 0 spiro atoms. The van der Waals surface area contributed by atoms with Crippen LogP contribution in [-0.4, -0.2) is 21.8 Å². The molecule has 4 nitrogen and oxygen atoms in total. The van der Waals surface area contributed by atoms with E-state index in [1.807, 2.05) is 30.9 Å². The second-order valence-corrected chi connectivity index (χ2v) is 5.86. The third kappa shape index (κ3) is 3.22. The van der Waals surface area contributed by atoms with Crippen molar-refractivity contribution in [3.63, 3.8) is 0 Å². The van der Waals surface area contributed by atoms with Gasteiger partial charge in [-0.1, -0.05) is 18.5 Å². The zero-order chi connectivity index (χ0) is 14.7. The fraction of sp³-hybridized carbons (Fsp3) is 0.429. The summed E-state index contributed by atoms with van der Waals surface area (Å²) in [7, 11) is 3.91. The van der Waals surface area contributed by atoms with E-state index in [-0.39, 0.29) is 6.04 Å². The lowest BCUT2D eigenvalue weighted by Gasteiger charge is -2.16. The highest BCUT2D eigenvalue weighted by atomic mass is 79.9. The molecule has 2 aromatic heterocycles. The lowest BCUT2D eigenvalue weighted by molar-refractivity contribution is 0.547. The Morgan fingerprint density at radius 2 is 2.20 bits per heavy atom. The Labute approximate surface area is 132 Å². The summed E-state index contributed by atoms with van der Waals surface area (Å²) >= 11 is 9.54. The fourth-order valence-electron chi connectivity index (χ4n) is 2.18. The molecular formula is C14H18BrClN4. The van der Waals surface area contributed by atoms with E-state index in [1.54, 1.807) is 6.20 Å². The van der Waals surface area contributed by atoms with E-state index >= 15 is 0 Å². The number of aryl methyl sites for hydroxylation is 2. The van der Waals surface area contributed by atoms with Crippen LogP contribution in [0.15, 0.2) is 22.8 Å². The SMILES string of the molecule is CCc1nn(C)c(CC(NC)c2ccc(Cl)cn2)c1Br. The van der Waals surface area contributed by atoms with Crippen molar-refractivity contribution in [1.82, 2.24) is 20.1 Å². The van der Waals surface area contributed by atoms with Crippen molar-refractivity contribution in [1.29, 1.82) is 0 Å². The van der Waals surface area contributed by atoms with Crippen LogP contribution in [0.2, 0.25) is 5.02 Å². The molecule has 0 saturated heterocycles. The molecule has 1 N–H and O–H groups in total. The predicted octanol–water partition coefficient (Wildman–Crippen LogP) is 3.30. The van der Waals surface area contributed by atoms with Crippen LogP contribution in [0.4, 0.5) is 0 Å². The second-order valence-electron chi connectivity index (χ2n) is 4.63. The van der Waals surface area contributed by atoms with Crippen LogP contribution in [0.25, 0.3) is 0 Å². The normalized spacial score (nSPS) is 12.7. The minimum atomic E-state index is 0.128. The van der Waals surface area contributed by atoms with E-state index in [0.29, 0.717) is 5.02 Å². The summed E-state index contributed by atoms with van der Waals surface area (Å²) in [5.74, 6) is 0. The van der Waals surface area contributed by atoms with Gasteiger partial charge < -0.3 is 5.32 Å². The summed E-state index contributed by atoms with van der Waals surface area (Å²) in [6.45, 7) is 2.10. The number of pyridine rings is 1. The van der Waals surface area contributed by atoms with Crippen LogP contribution < -0.4 is 5.32 Å². The molecule has 0 aliphatic heterocycles. The highest BCUT2D eigenvalue weighted by molar-refractivity contribution is 9.10. The highest BCUT2D eigenvalue weighted by Gasteiger charge is 2.18. The number of hydrogen-bond acceptors (Lipinski definition) is 3. The third-order valence-electron chi connectivity index (χ3n) is 3.36. The third-order valence-corrected chi connectivity index (χ3v) is 4.50. The molecule has 108 valence electrons. The van der Waals surface area contributed by atoms with Crippen LogP contribution in [0, 0.1) is 0 Å². The van der Waals surface area contributed by atoms with Crippen LogP contribution in [0.3, 0.4) is 0 Å². The van der Waals surface area contributed by atoms with Crippen molar-refractivity contribution in [3.8, 4) is 0 Å². The summed E-state index contributed by atoms with van der Waals surface area (Å²) in [6.07, 6.45) is 3.41. The number of halogens is 2. The van der Waals surface area contributed by atoms with Gasteiger partial charge in [0.05, 0.1) is 32.6 Å². The summed E-state index contributed by atoms with van der Waals surface area (Å²) < 4.78 is 3.03. The van der Waals surface area contributed by atoms with Crippen LogP contribution in [0.1, 0.15) is 30.0 Å². The van der Waals surface area contributed by atoms with Gasteiger partial charge in [0.25, 0.3) is 0 Å². The summed E-state index contributed by atoms with van der Waals surface area (Å²) in [5.41, 5.74) is 3.22. The Kier molecular flexibility index (Phi) is 5.18. The summed E-state index contributed by atoms with van der Waals surface area (Å²) in [4.78, 5) is 4.39. The first-order chi connectivity index (χ1) is 9.56. The minimum absolute atomic E-state index is 0.128. The average Bonchev–Trinajstić information content (AvgIpc) is 2.72. The molecular weight excluding hydrogens is 340 g/mol. The first-order valence-corrected chi connectivity index (χ1v) is 7.72. The molecule has 0 radical (unpaired) electrons. The van der Waals surface area contributed by atoms with Crippen LogP contribution in [-0.2, 0) is 19.9 Å². The molecule has 2 heterocycles. The van der Waals surface area contributed by atoms with Crippen molar-refractivity contribution < 1.29 is 0 Å². The molecule has 0 aliphatic carbocycles. The van der Waals surface area contributed by atoms with Gasteiger partial charge in [-0.25, -0.2) is 0 Å². The average molecular weight is 358 g/mol. The standard InChI is InChI=1S/C14H18BrClN4/c1-4-10-14(15)13(20(3)19-10)7-12(17-2)11-6-5-9(16)8-18-11/h5-6,8,12,17H,4,7H2,1-3H3. The monoisotopic (exact) mass is 356 g/mol. The number of aromatic nitrogens is 3. The molecule has 2 rings (SSSR count). The van der Waals surface area contributed by atoms with Gasteiger partial charge in [0.2, 0.25) is 0 Å². The van der Waals surface area contributed by atoms with Gasteiger partial charge in [0.15, 0.2) is 0 Å².